The molecule has 0 saturated heterocycles. The predicted molar refractivity (Wildman–Crippen MR) is 90.1 cm³/mol. The van der Waals surface area contributed by atoms with E-state index in [0.29, 0.717) is 35.3 Å². The first-order valence-electron chi connectivity index (χ1n) is 7.71. The molecule has 0 bridgehead atoms. The Morgan fingerprint density at radius 3 is 2.87 bits per heavy atom. The summed E-state index contributed by atoms with van der Waals surface area (Å²) in [7, 11) is 0. The summed E-state index contributed by atoms with van der Waals surface area (Å²) >= 11 is 1.37. The number of hydrogen-bond donors (Lipinski definition) is 2. The molecule has 0 aliphatic rings. The van der Waals surface area contributed by atoms with E-state index in [1.54, 1.807) is 24.0 Å². The first kappa shape index (κ1) is 17.5. The van der Waals surface area contributed by atoms with Crippen molar-refractivity contribution in [2.24, 2.45) is 11.8 Å². The first-order valence-corrected chi connectivity index (χ1v) is 8.59. The lowest BCUT2D eigenvalue weighted by Crippen LogP contribution is -2.30. The van der Waals surface area contributed by atoms with Crippen LogP contribution in [0.1, 0.15) is 37.2 Å². The molecule has 23 heavy (non-hydrogen) atoms. The van der Waals surface area contributed by atoms with Crippen LogP contribution in [-0.4, -0.2) is 39.1 Å². The van der Waals surface area contributed by atoms with Crippen LogP contribution in [0.15, 0.2) is 24.0 Å². The maximum Gasteiger partial charge on any atom is 0.270 e. The third-order valence-corrected chi connectivity index (χ3v) is 4.28. The Kier molecular flexibility index (Phi) is 6.61. The molecule has 2 aromatic rings. The van der Waals surface area contributed by atoms with Gasteiger partial charge in [0.1, 0.15) is 16.4 Å². The number of nitrogens with one attached hydrogen (secondary N) is 1. The lowest BCUT2D eigenvalue weighted by molar-refractivity contribution is 0.0937. The first-order chi connectivity index (χ1) is 11.1. The van der Waals surface area contributed by atoms with Crippen LogP contribution < -0.4 is 5.32 Å². The van der Waals surface area contributed by atoms with E-state index >= 15 is 0 Å². The van der Waals surface area contributed by atoms with Crippen molar-refractivity contribution in [1.82, 2.24) is 20.3 Å². The number of aromatic nitrogens is 3. The van der Waals surface area contributed by atoms with Gasteiger partial charge in [0.2, 0.25) is 0 Å². The van der Waals surface area contributed by atoms with E-state index in [-0.39, 0.29) is 18.4 Å². The van der Waals surface area contributed by atoms with Gasteiger partial charge in [0.15, 0.2) is 0 Å². The minimum absolute atomic E-state index is 0.140. The molecule has 0 saturated carbocycles. The van der Waals surface area contributed by atoms with Crippen molar-refractivity contribution in [1.29, 1.82) is 0 Å². The molecular formula is C16H22N4O2S. The summed E-state index contributed by atoms with van der Waals surface area (Å²) in [5.41, 5.74) is 1.05. The van der Waals surface area contributed by atoms with Crippen LogP contribution in [0.4, 0.5) is 0 Å². The summed E-state index contributed by atoms with van der Waals surface area (Å²) in [6.07, 6.45) is 6.49. The van der Waals surface area contributed by atoms with Gasteiger partial charge in [0.05, 0.1) is 6.20 Å². The monoisotopic (exact) mass is 334 g/mol. The zero-order valence-corrected chi connectivity index (χ0v) is 14.2. The Balaban J connectivity index is 1.94. The molecule has 6 nitrogen and oxygen atoms in total. The van der Waals surface area contributed by atoms with Gasteiger partial charge < -0.3 is 10.4 Å². The molecule has 1 atom stereocenters. The average molecular weight is 334 g/mol. The summed E-state index contributed by atoms with van der Waals surface area (Å²) in [4.78, 5) is 24.7. The molecule has 2 heterocycles. The molecule has 1 unspecified atom stereocenters. The zero-order valence-electron chi connectivity index (χ0n) is 13.4. The molecule has 0 fully saturated rings. The second-order valence-electron chi connectivity index (χ2n) is 5.85. The number of amides is 1. The van der Waals surface area contributed by atoms with Gasteiger partial charge >= 0.3 is 0 Å². The van der Waals surface area contributed by atoms with Gasteiger partial charge in [-0.15, -0.1) is 11.3 Å². The maximum atomic E-state index is 12.2. The van der Waals surface area contributed by atoms with Gasteiger partial charge in [-0.25, -0.2) is 4.98 Å². The fourth-order valence-corrected chi connectivity index (χ4v) is 3.15. The summed E-state index contributed by atoms with van der Waals surface area (Å²) in [6, 6.07) is 0. The van der Waals surface area contributed by atoms with Gasteiger partial charge in [-0.1, -0.05) is 13.8 Å². The van der Waals surface area contributed by atoms with Crippen LogP contribution in [-0.2, 0) is 0 Å². The van der Waals surface area contributed by atoms with Crippen molar-refractivity contribution in [3.8, 4) is 10.7 Å². The van der Waals surface area contributed by atoms with Crippen molar-refractivity contribution in [2.45, 2.75) is 26.7 Å². The maximum absolute atomic E-state index is 12.2. The van der Waals surface area contributed by atoms with E-state index in [4.69, 9.17) is 5.11 Å². The van der Waals surface area contributed by atoms with Gasteiger partial charge in [0, 0.05) is 30.9 Å². The molecule has 0 aliphatic heterocycles. The molecule has 0 radical (unpaired) electrons. The molecule has 2 aromatic heterocycles. The van der Waals surface area contributed by atoms with Gasteiger partial charge in [-0.3, -0.25) is 14.8 Å². The van der Waals surface area contributed by atoms with Crippen LogP contribution in [0.2, 0.25) is 0 Å². The third kappa shape index (κ3) is 5.37. The molecule has 7 heteroatoms. The fourth-order valence-electron chi connectivity index (χ4n) is 2.39. The Bertz CT molecular complexity index is 616. The molecule has 1 amide bonds. The van der Waals surface area contributed by atoms with E-state index in [1.807, 2.05) is 0 Å². The SMILES string of the molecule is CC(C)CC(CCO)CNC(=O)c1csc(-c2cnccn2)n1. The highest BCUT2D eigenvalue weighted by molar-refractivity contribution is 7.13. The van der Waals surface area contributed by atoms with Gasteiger partial charge in [0.25, 0.3) is 5.91 Å². The third-order valence-electron chi connectivity index (χ3n) is 3.41. The molecule has 124 valence electrons. The minimum atomic E-state index is -0.192. The van der Waals surface area contributed by atoms with Crippen molar-refractivity contribution in [2.75, 3.05) is 13.2 Å². The largest absolute Gasteiger partial charge is 0.396 e. The molecule has 0 aliphatic carbocycles. The molecular weight excluding hydrogens is 312 g/mol. The number of aliphatic hydroxyl groups excluding tert-OH is 1. The normalized spacial score (nSPS) is 12.3. The Morgan fingerprint density at radius 1 is 1.39 bits per heavy atom. The lowest BCUT2D eigenvalue weighted by atomic mass is 9.94. The number of carbonyl (C=O) groups excluding carboxylic acids is 1. The van der Waals surface area contributed by atoms with E-state index in [2.05, 4.69) is 34.1 Å². The number of aliphatic hydroxyl groups is 1. The fraction of sp³-hybridized carbons (Fsp3) is 0.500. The van der Waals surface area contributed by atoms with Crippen molar-refractivity contribution in [3.63, 3.8) is 0 Å². The molecule has 0 spiro atoms. The summed E-state index contributed by atoms with van der Waals surface area (Å²) in [6.45, 7) is 4.97. The minimum Gasteiger partial charge on any atom is -0.396 e. The lowest BCUT2D eigenvalue weighted by Gasteiger charge is -2.18. The quantitative estimate of drug-likeness (QED) is 0.774. The van der Waals surface area contributed by atoms with E-state index in [0.717, 1.165) is 6.42 Å². The molecule has 2 rings (SSSR count). The highest BCUT2D eigenvalue weighted by Gasteiger charge is 2.15. The van der Waals surface area contributed by atoms with E-state index in [1.165, 1.54) is 11.3 Å². The Hall–Kier alpha value is -1.86. The van der Waals surface area contributed by atoms with Crippen molar-refractivity contribution >= 4 is 17.2 Å². The van der Waals surface area contributed by atoms with Crippen LogP contribution >= 0.6 is 11.3 Å². The van der Waals surface area contributed by atoms with Crippen LogP contribution in [0.25, 0.3) is 10.7 Å². The number of thiazole rings is 1. The zero-order chi connectivity index (χ0) is 16.7. The van der Waals surface area contributed by atoms with E-state index in [9.17, 15) is 4.79 Å². The number of rotatable bonds is 8. The Labute approximate surface area is 140 Å². The highest BCUT2D eigenvalue weighted by Crippen LogP contribution is 2.21. The van der Waals surface area contributed by atoms with Crippen LogP contribution in [0.3, 0.4) is 0 Å². The van der Waals surface area contributed by atoms with E-state index < -0.39 is 0 Å². The van der Waals surface area contributed by atoms with Crippen LogP contribution in [0, 0.1) is 11.8 Å². The summed E-state index contributed by atoms with van der Waals surface area (Å²) in [5.74, 6) is 0.621. The predicted octanol–water partition coefficient (Wildman–Crippen LogP) is 2.37. The van der Waals surface area contributed by atoms with Gasteiger partial charge in [-0.2, -0.15) is 0 Å². The number of nitrogens with zero attached hydrogens (tertiary/aromatic N) is 3. The number of carbonyl (C=O) groups is 1. The second kappa shape index (κ2) is 8.69. The topological polar surface area (TPSA) is 88.0 Å². The Morgan fingerprint density at radius 2 is 2.22 bits per heavy atom. The second-order valence-corrected chi connectivity index (χ2v) is 6.70. The van der Waals surface area contributed by atoms with Crippen molar-refractivity contribution < 1.29 is 9.90 Å². The summed E-state index contributed by atoms with van der Waals surface area (Å²) < 4.78 is 0. The average Bonchev–Trinajstić information content (AvgIpc) is 3.03. The van der Waals surface area contributed by atoms with Crippen LogP contribution in [0.5, 0.6) is 0 Å². The highest BCUT2D eigenvalue weighted by atomic mass is 32.1. The standard InChI is InChI=1S/C16H22N4O2S/c1-11(2)7-12(3-6-21)8-19-15(22)14-10-23-16(20-14)13-9-17-4-5-18-13/h4-5,9-12,21H,3,6-8H2,1-2H3,(H,19,22). The molecule has 0 aromatic carbocycles. The molecule has 2 N–H and O–H groups in total. The number of hydrogen-bond acceptors (Lipinski definition) is 6. The van der Waals surface area contributed by atoms with Crippen molar-refractivity contribution in [3.05, 3.63) is 29.7 Å². The summed E-state index contributed by atoms with van der Waals surface area (Å²) in [5, 5.41) is 14.4. The van der Waals surface area contributed by atoms with Gasteiger partial charge in [-0.05, 0) is 24.7 Å². The smallest absolute Gasteiger partial charge is 0.270 e.